The van der Waals surface area contributed by atoms with E-state index in [4.69, 9.17) is 0 Å². The number of aliphatic hydroxyl groups is 1. The van der Waals surface area contributed by atoms with Crippen molar-refractivity contribution in [1.29, 1.82) is 0 Å². The van der Waals surface area contributed by atoms with Gasteiger partial charge in [-0.2, -0.15) is 0 Å². The fourth-order valence-electron chi connectivity index (χ4n) is 2.08. The van der Waals surface area contributed by atoms with Crippen LogP contribution in [0.3, 0.4) is 0 Å². The summed E-state index contributed by atoms with van der Waals surface area (Å²) in [5.74, 6) is -1.84. The Bertz CT molecular complexity index is 593. The molecule has 2 rings (SSSR count). The third-order valence-electron chi connectivity index (χ3n) is 3.34. The molecule has 100 valence electrons. The molecule has 1 nitrogen and oxygen atoms in total. The van der Waals surface area contributed by atoms with Gasteiger partial charge in [-0.1, -0.05) is 36.4 Å². The molecule has 2 aromatic rings. The third-order valence-corrected chi connectivity index (χ3v) is 3.34. The van der Waals surface area contributed by atoms with Gasteiger partial charge >= 0.3 is 0 Å². The molecule has 1 unspecified atom stereocenters. The molecule has 19 heavy (non-hydrogen) atoms. The third kappa shape index (κ3) is 2.82. The molecular weight excluding hydrogens is 246 g/mol. The number of rotatable bonds is 3. The lowest BCUT2D eigenvalue weighted by Crippen LogP contribution is -2.07. The Labute approximate surface area is 111 Å². The van der Waals surface area contributed by atoms with Gasteiger partial charge < -0.3 is 5.11 Å². The predicted octanol–water partition coefficient (Wildman–Crippen LogP) is 3.86. The number of benzene rings is 2. The maximum atomic E-state index is 13.8. The minimum Gasteiger partial charge on any atom is -0.388 e. The van der Waals surface area contributed by atoms with Crippen LogP contribution in [-0.2, 0) is 6.42 Å². The lowest BCUT2D eigenvalue weighted by atomic mass is 9.97. The van der Waals surface area contributed by atoms with E-state index in [9.17, 15) is 13.9 Å². The van der Waals surface area contributed by atoms with Crippen molar-refractivity contribution in [3.63, 3.8) is 0 Å². The molecule has 0 spiro atoms. The van der Waals surface area contributed by atoms with Gasteiger partial charge in [-0.25, -0.2) is 8.78 Å². The summed E-state index contributed by atoms with van der Waals surface area (Å²) in [6.07, 6.45) is -0.775. The summed E-state index contributed by atoms with van der Waals surface area (Å²) < 4.78 is 27.3. The molecule has 1 N–H and O–H groups in total. The van der Waals surface area contributed by atoms with Crippen LogP contribution in [0.2, 0.25) is 0 Å². The highest BCUT2D eigenvalue weighted by Gasteiger charge is 2.18. The van der Waals surface area contributed by atoms with Crippen LogP contribution >= 0.6 is 0 Å². The van der Waals surface area contributed by atoms with Gasteiger partial charge in [0, 0.05) is 12.0 Å². The summed E-state index contributed by atoms with van der Waals surface area (Å²) in [4.78, 5) is 0. The molecule has 0 aromatic heterocycles. The van der Waals surface area contributed by atoms with E-state index < -0.39 is 17.7 Å². The lowest BCUT2D eigenvalue weighted by Gasteiger charge is -2.14. The summed E-state index contributed by atoms with van der Waals surface area (Å²) in [5, 5.41) is 10.1. The van der Waals surface area contributed by atoms with Crippen LogP contribution in [0.15, 0.2) is 36.4 Å². The minimum atomic E-state index is -1.05. The summed E-state index contributed by atoms with van der Waals surface area (Å²) >= 11 is 0. The van der Waals surface area contributed by atoms with Crippen LogP contribution in [0.1, 0.15) is 28.4 Å². The fraction of sp³-hybridized carbons (Fsp3) is 0.250. The average molecular weight is 262 g/mol. The maximum absolute atomic E-state index is 13.8. The minimum absolute atomic E-state index is 0.00588. The first-order valence-electron chi connectivity index (χ1n) is 6.17. The Kier molecular flexibility index (Phi) is 3.96. The van der Waals surface area contributed by atoms with Gasteiger partial charge in [0.2, 0.25) is 0 Å². The highest BCUT2D eigenvalue weighted by Crippen LogP contribution is 2.25. The molecule has 3 heteroatoms. The quantitative estimate of drug-likeness (QED) is 0.890. The summed E-state index contributed by atoms with van der Waals surface area (Å²) in [5.41, 5.74) is 2.20. The monoisotopic (exact) mass is 262 g/mol. The van der Waals surface area contributed by atoms with Gasteiger partial charge in [-0.15, -0.1) is 0 Å². The Balaban J connectivity index is 2.28. The Hall–Kier alpha value is -1.74. The molecule has 0 aliphatic carbocycles. The SMILES string of the molecule is Cc1ccccc1CC(O)c1ccc(C)c(F)c1F. The molecule has 0 radical (unpaired) electrons. The topological polar surface area (TPSA) is 20.2 Å². The van der Waals surface area contributed by atoms with E-state index in [1.807, 2.05) is 31.2 Å². The van der Waals surface area contributed by atoms with Crippen molar-refractivity contribution < 1.29 is 13.9 Å². The maximum Gasteiger partial charge on any atom is 0.164 e. The zero-order chi connectivity index (χ0) is 14.0. The molecule has 0 amide bonds. The van der Waals surface area contributed by atoms with E-state index in [1.165, 1.54) is 19.1 Å². The molecule has 0 heterocycles. The zero-order valence-electron chi connectivity index (χ0n) is 11.0. The Morgan fingerprint density at radius 3 is 2.32 bits per heavy atom. The second-order valence-electron chi connectivity index (χ2n) is 4.75. The number of aryl methyl sites for hydroxylation is 2. The van der Waals surface area contributed by atoms with Gasteiger partial charge in [0.05, 0.1) is 6.10 Å². The van der Waals surface area contributed by atoms with Crippen LogP contribution in [0.4, 0.5) is 8.78 Å². The Morgan fingerprint density at radius 2 is 1.63 bits per heavy atom. The van der Waals surface area contributed by atoms with Crippen molar-refractivity contribution in [2.24, 2.45) is 0 Å². The highest BCUT2D eigenvalue weighted by atomic mass is 19.2. The predicted molar refractivity (Wildman–Crippen MR) is 70.9 cm³/mol. The normalized spacial score (nSPS) is 12.5. The van der Waals surface area contributed by atoms with E-state index in [1.54, 1.807) is 0 Å². The lowest BCUT2D eigenvalue weighted by molar-refractivity contribution is 0.172. The molecule has 0 aliphatic heterocycles. The molecule has 1 atom stereocenters. The van der Waals surface area contributed by atoms with Crippen molar-refractivity contribution in [1.82, 2.24) is 0 Å². The summed E-state index contributed by atoms with van der Waals surface area (Å²) in [7, 11) is 0. The first-order chi connectivity index (χ1) is 9.00. The smallest absolute Gasteiger partial charge is 0.164 e. The van der Waals surface area contributed by atoms with Crippen molar-refractivity contribution in [2.75, 3.05) is 0 Å². The molecule has 0 saturated heterocycles. The van der Waals surface area contributed by atoms with Crippen LogP contribution in [-0.4, -0.2) is 5.11 Å². The van der Waals surface area contributed by atoms with Crippen molar-refractivity contribution >= 4 is 0 Å². The van der Waals surface area contributed by atoms with Gasteiger partial charge in [0.25, 0.3) is 0 Å². The molecule has 0 aliphatic rings. The van der Waals surface area contributed by atoms with E-state index in [0.29, 0.717) is 0 Å². The fourth-order valence-corrected chi connectivity index (χ4v) is 2.08. The van der Waals surface area contributed by atoms with Gasteiger partial charge in [-0.05, 0) is 30.5 Å². The van der Waals surface area contributed by atoms with Gasteiger partial charge in [0.15, 0.2) is 11.6 Å². The largest absolute Gasteiger partial charge is 0.388 e. The molecule has 2 aromatic carbocycles. The average Bonchev–Trinajstić information content (AvgIpc) is 2.39. The second-order valence-corrected chi connectivity index (χ2v) is 4.75. The standard InChI is InChI=1S/C16H16F2O/c1-10-5-3-4-6-12(10)9-14(19)13-8-7-11(2)15(17)16(13)18/h3-8,14,19H,9H2,1-2H3. The van der Waals surface area contributed by atoms with E-state index >= 15 is 0 Å². The van der Waals surface area contributed by atoms with E-state index in [0.717, 1.165) is 11.1 Å². The van der Waals surface area contributed by atoms with Gasteiger partial charge in [-0.3, -0.25) is 0 Å². The van der Waals surface area contributed by atoms with Crippen LogP contribution in [0.5, 0.6) is 0 Å². The number of halogens is 2. The van der Waals surface area contributed by atoms with Crippen LogP contribution in [0, 0.1) is 25.5 Å². The molecular formula is C16H16F2O. The molecule has 0 fully saturated rings. The first-order valence-corrected chi connectivity index (χ1v) is 6.17. The van der Waals surface area contributed by atoms with Crippen LogP contribution < -0.4 is 0 Å². The zero-order valence-corrected chi connectivity index (χ0v) is 11.0. The van der Waals surface area contributed by atoms with Crippen molar-refractivity contribution in [2.45, 2.75) is 26.4 Å². The van der Waals surface area contributed by atoms with E-state index in [-0.39, 0.29) is 17.5 Å². The molecule has 0 saturated carbocycles. The molecule has 0 bridgehead atoms. The number of hydrogen-bond donors (Lipinski definition) is 1. The first kappa shape index (κ1) is 13.7. The summed E-state index contributed by atoms with van der Waals surface area (Å²) in [6, 6.07) is 10.5. The van der Waals surface area contributed by atoms with Crippen molar-refractivity contribution in [3.8, 4) is 0 Å². The highest BCUT2D eigenvalue weighted by molar-refractivity contribution is 5.31. The second kappa shape index (κ2) is 5.49. The van der Waals surface area contributed by atoms with E-state index in [2.05, 4.69) is 0 Å². The summed E-state index contributed by atoms with van der Waals surface area (Å²) in [6.45, 7) is 3.42. The number of aliphatic hydroxyl groups excluding tert-OH is 1. The van der Waals surface area contributed by atoms with Gasteiger partial charge in [0.1, 0.15) is 0 Å². The van der Waals surface area contributed by atoms with Crippen molar-refractivity contribution in [3.05, 3.63) is 70.3 Å². The van der Waals surface area contributed by atoms with Crippen LogP contribution in [0.25, 0.3) is 0 Å². The Morgan fingerprint density at radius 1 is 0.947 bits per heavy atom. The number of hydrogen-bond acceptors (Lipinski definition) is 1.